The standard InChI is InChI=1S/C17H24N2O4/c1-10(2)12(18-20)8-13-15-11(5-6-19(13)3)7-14-16(17(15)21-4)23-9-22-14/h7,13,18,20H,5-6,8-9H2,1-4H3/p+1/t13-/m1/s1. The number of hydrogen-bond acceptors (Lipinski definition) is 5. The van der Waals surface area contributed by atoms with E-state index in [0.29, 0.717) is 12.2 Å². The van der Waals surface area contributed by atoms with Crippen molar-refractivity contribution in [1.29, 1.82) is 0 Å². The molecule has 0 fully saturated rings. The average Bonchev–Trinajstić information content (AvgIpc) is 2.99. The van der Waals surface area contributed by atoms with Crippen molar-refractivity contribution in [3.8, 4) is 17.2 Å². The first kappa shape index (κ1) is 16.0. The van der Waals surface area contributed by atoms with Gasteiger partial charge in [0.2, 0.25) is 12.5 Å². The summed E-state index contributed by atoms with van der Waals surface area (Å²) in [5, 5.41) is 9.45. The van der Waals surface area contributed by atoms with Crippen LogP contribution in [0.1, 0.15) is 37.4 Å². The molecular formula is C17H25N2O4+. The normalized spacial score (nSPS) is 21.6. The highest BCUT2D eigenvalue weighted by Crippen LogP contribution is 2.48. The van der Waals surface area contributed by atoms with E-state index in [1.807, 2.05) is 13.8 Å². The second-order valence-corrected chi connectivity index (χ2v) is 6.41. The number of benzene rings is 1. The first-order valence-electron chi connectivity index (χ1n) is 7.95. The molecule has 0 saturated carbocycles. The predicted molar refractivity (Wildman–Crippen MR) is 85.2 cm³/mol. The zero-order valence-electron chi connectivity index (χ0n) is 14.2. The van der Waals surface area contributed by atoms with Gasteiger partial charge in [0.1, 0.15) is 6.04 Å². The van der Waals surface area contributed by atoms with Crippen LogP contribution in [0.2, 0.25) is 0 Å². The molecule has 0 spiro atoms. The Morgan fingerprint density at radius 3 is 2.87 bits per heavy atom. The van der Waals surface area contributed by atoms with E-state index in [1.54, 1.807) is 7.11 Å². The van der Waals surface area contributed by atoms with Crippen LogP contribution >= 0.6 is 0 Å². The minimum absolute atomic E-state index is 0.188. The van der Waals surface area contributed by atoms with Crippen LogP contribution in [0.15, 0.2) is 17.3 Å². The molecule has 6 heteroatoms. The third-order valence-electron chi connectivity index (χ3n) is 4.83. The summed E-state index contributed by atoms with van der Waals surface area (Å²) in [7, 11) is 3.85. The fourth-order valence-electron chi connectivity index (χ4n) is 3.46. The van der Waals surface area contributed by atoms with Gasteiger partial charge < -0.3 is 19.1 Å². The number of fused-ring (bicyclic) bond motifs is 2. The predicted octanol–water partition coefficient (Wildman–Crippen LogP) is 1.20. The van der Waals surface area contributed by atoms with Crippen molar-refractivity contribution in [2.45, 2.75) is 32.7 Å². The summed E-state index contributed by atoms with van der Waals surface area (Å²) < 4.78 is 16.8. The zero-order valence-corrected chi connectivity index (χ0v) is 14.2. The highest BCUT2D eigenvalue weighted by Gasteiger charge is 2.36. The molecule has 0 amide bonds. The molecular weight excluding hydrogens is 296 g/mol. The molecule has 3 rings (SSSR count). The Labute approximate surface area is 136 Å². The van der Waals surface area contributed by atoms with Crippen molar-refractivity contribution in [2.24, 2.45) is 0 Å². The van der Waals surface area contributed by atoms with Crippen molar-refractivity contribution in [2.75, 3.05) is 27.5 Å². The number of rotatable bonds is 4. The number of hydrogen-bond donors (Lipinski definition) is 3. The maximum absolute atomic E-state index is 9.45. The molecule has 6 nitrogen and oxygen atoms in total. The Kier molecular flexibility index (Phi) is 4.37. The van der Waals surface area contributed by atoms with Gasteiger partial charge in [-0.1, -0.05) is 5.57 Å². The van der Waals surface area contributed by atoms with Crippen molar-refractivity contribution in [3.63, 3.8) is 0 Å². The molecule has 3 N–H and O–H groups in total. The van der Waals surface area contributed by atoms with Crippen LogP contribution in [0.4, 0.5) is 0 Å². The molecule has 1 aromatic rings. The fraction of sp³-hybridized carbons (Fsp3) is 0.529. The minimum atomic E-state index is 0.188. The molecule has 1 aromatic carbocycles. The van der Waals surface area contributed by atoms with Crippen molar-refractivity contribution >= 4 is 0 Å². The van der Waals surface area contributed by atoms with Crippen LogP contribution < -0.4 is 24.6 Å². The topological polar surface area (TPSA) is 64.4 Å². The quantitative estimate of drug-likeness (QED) is 0.727. The number of methoxy groups -OCH3 is 1. The summed E-state index contributed by atoms with van der Waals surface area (Å²) in [6.07, 6.45) is 1.69. The van der Waals surface area contributed by atoms with Crippen LogP contribution in [0.3, 0.4) is 0 Å². The maximum atomic E-state index is 9.45. The van der Waals surface area contributed by atoms with Gasteiger partial charge >= 0.3 is 0 Å². The number of hydroxylamine groups is 1. The highest BCUT2D eigenvalue weighted by atomic mass is 16.7. The minimum Gasteiger partial charge on any atom is -0.492 e. The molecule has 2 aliphatic heterocycles. The Hall–Kier alpha value is -1.92. The average molecular weight is 321 g/mol. The molecule has 0 aromatic heterocycles. The smallest absolute Gasteiger partial charge is 0.231 e. The van der Waals surface area contributed by atoms with Crippen LogP contribution in [0.5, 0.6) is 17.2 Å². The van der Waals surface area contributed by atoms with E-state index in [9.17, 15) is 5.21 Å². The fourth-order valence-corrected chi connectivity index (χ4v) is 3.46. The lowest BCUT2D eigenvalue weighted by atomic mass is 9.88. The van der Waals surface area contributed by atoms with Gasteiger partial charge in [0.15, 0.2) is 11.5 Å². The second-order valence-electron chi connectivity index (χ2n) is 6.41. The van der Waals surface area contributed by atoms with E-state index in [4.69, 9.17) is 14.2 Å². The summed E-state index contributed by atoms with van der Waals surface area (Å²) >= 11 is 0. The number of allylic oxidation sites excluding steroid dienone is 1. The van der Waals surface area contributed by atoms with Crippen molar-refractivity contribution < 1.29 is 24.3 Å². The SMILES string of the molecule is COc1c2c(cc3c1[C@@H](CC(NO)=C(C)C)[NH+](C)CC3)OCO2. The Morgan fingerprint density at radius 2 is 2.22 bits per heavy atom. The van der Waals surface area contributed by atoms with Gasteiger partial charge in [0, 0.05) is 18.5 Å². The summed E-state index contributed by atoms with van der Waals surface area (Å²) in [6, 6.07) is 2.27. The van der Waals surface area contributed by atoms with E-state index in [0.717, 1.165) is 41.3 Å². The molecule has 0 saturated heterocycles. The Morgan fingerprint density at radius 1 is 1.43 bits per heavy atom. The van der Waals surface area contributed by atoms with Crippen LogP contribution in [-0.4, -0.2) is 32.7 Å². The number of ether oxygens (including phenoxy) is 3. The van der Waals surface area contributed by atoms with Gasteiger partial charge in [-0.05, 0) is 25.5 Å². The van der Waals surface area contributed by atoms with Gasteiger partial charge in [-0.3, -0.25) is 10.7 Å². The van der Waals surface area contributed by atoms with E-state index in [-0.39, 0.29) is 12.8 Å². The van der Waals surface area contributed by atoms with E-state index in [1.165, 1.54) is 10.5 Å². The molecule has 1 unspecified atom stereocenters. The monoisotopic (exact) mass is 321 g/mol. The number of nitrogens with one attached hydrogen (secondary N) is 2. The molecule has 126 valence electrons. The first-order chi connectivity index (χ1) is 11.1. The molecule has 2 atom stereocenters. The third-order valence-corrected chi connectivity index (χ3v) is 4.83. The summed E-state index contributed by atoms with van der Waals surface area (Å²) in [6.45, 7) is 5.25. The summed E-state index contributed by atoms with van der Waals surface area (Å²) in [5.41, 5.74) is 6.69. The largest absolute Gasteiger partial charge is 0.492 e. The molecule has 23 heavy (non-hydrogen) atoms. The van der Waals surface area contributed by atoms with Crippen molar-refractivity contribution in [1.82, 2.24) is 5.48 Å². The Balaban J connectivity index is 2.09. The van der Waals surface area contributed by atoms with Gasteiger partial charge in [-0.25, -0.2) is 0 Å². The van der Waals surface area contributed by atoms with Gasteiger partial charge in [-0.2, -0.15) is 0 Å². The lowest BCUT2D eigenvalue weighted by Crippen LogP contribution is -3.10. The Bertz CT molecular complexity index is 638. The van der Waals surface area contributed by atoms with E-state index in [2.05, 4.69) is 18.6 Å². The summed E-state index contributed by atoms with van der Waals surface area (Å²) in [5.74, 6) is 2.23. The molecule has 0 bridgehead atoms. The first-order valence-corrected chi connectivity index (χ1v) is 7.95. The van der Waals surface area contributed by atoms with E-state index < -0.39 is 0 Å². The van der Waals surface area contributed by atoms with Crippen molar-refractivity contribution in [3.05, 3.63) is 28.5 Å². The maximum Gasteiger partial charge on any atom is 0.231 e. The molecule has 2 heterocycles. The zero-order chi connectivity index (χ0) is 16.6. The van der Waals surface area contributed by atoms with Crippen LogP contribution in [-0.2, 0) is 6.42 Å². The number of likely N-dealkylation sites (N-methyl/N-ethyl adjacent to an activating group) is 1. The van der Waals surface area contributed by atoms with Crippen LogP contribution in [0, 0.1) is 0 Å². The van der Waals surface area contributed by atoms with Gasteiger partial charge in [0.05, 0.1) is 26.3 Å². The van der Waals surface area contributed by atoms with Gasteiger partial charge in [-0.15, -0.1) is 0 Å². The summed E-state index contributed by atoms with van der Waals surface area (Å²) in [4.78, 5) is 1.39. The molecule has 0 radical (unpaired) electrons. The lowest BCUT2D eigenvalue weighted by Gasteiger charge is -2.33. The van der Waals surface area contributed by atoms with E-state index >= 15 is 0 Å². The lowest BCUT2D eigenvalue weighted by molar-refractivity contribution is -0.914. The molecule has 0 aliphatic carbocycles. The molecule has 2 aliphatic rings. The third kappa shape index (κ3) is 2.72. The van der Waals surface area contributed by atoms with Crippen LogP contribution in [0.25, 0.3) is 0 Å². The second kappa shape index (κ2) is 6.29. The van der Waals surface area contributed by atoms with Gasteiger partial charge in [0.25, 0.3) is 0 Å². The number of quaternary nitrogens is 1. The highest BCUT2D eigenvalue weighted by molar-refractivity contribution is 5.61.